The molecule has 17 heavy (non-hydrogen) atoms. The van der Waals surface area contributed by atoms with Gasteiger partial charge < -0.3 is 10.4 Å². The number of carbonyl (C=O) groups is 2. The predicted molar refractivity (Wildman–Crippen MR) is 64.8 cm³/mol. The van der Waals surface area contributed by atoms with Crippen LogP contribution in [0, 0.1) is 20.8 Å². The van der Waals surface area contributed by atoms with E-state index in [1.165, 1.54) is 6.92 Å². The second-order valence-corrected chi connectivity index (χ2v) is 4.28. The molecule has 4 nitrogen and oxygen atoms in total. The van der Waals surface area contributed by atoms with Crippen LogP contribution in [0.15, 0.2) is 12.1 Å². The van der Waals surface area contributed by atoms with E-state index in [0.717, 1.165) is 16.7 Å². The number of carbonyl (C=O) groups excluding carboxylic acids is 1. The normalized spacial score (nSPS) is 12.0. The van der Waals surface area contributed by atoms with Crippen molar-refractivity contribution in [2.45, 2.75) is 33.7 Å². The Kier molecular flexibility index (Phi) is 3.89. The second-order valence-electron chi connectivity index (χ2n) is 4.28. The highest BCUT2D eigenvalue weighted by Crippen LogP contribution is 2.23. The number of amides is 1. The molecule has 0 aromatic heterocycles. The van der Waals surface area contributed by atoms with Gasteiger partial charge in [0.05, 0.1) is 0 Å². The maximum atomic E-state index is 11.2. The molecule has 0 saturated carbocycles. The number of carboxylic acids is 1. The summed E-state index contributed by atoms with van der Waals surface area (Å²) in [4.78, 5) is 22.3. The first-order chi connectivity index (χ1) is 7.82. The van der Waals surface area contributed by atoms with E-state index in [1.54, 1.807) is 0 Å². The third-order valence-electron chi connectivity index (χ3n) is 2.62. The molecular formula is C13H17NO3. The Morgan fingerprint density at radius 2 is 1.65 bits per heavy atom. The van der Waals surface area contributed by atoms with Crippen LogP contribution in [-0.4, -0.2) is 17.0 Å². The predicted octanol–water partition coefficient (Wildman–Crippen LogP) is 1.87. The lowest BCUT2D eigenvalue weighted by Crippen LogP contribution is -2.33. The van der Waals surface area contributed by atoms with Crippen molar-refractivity contribution >= 4 is 11.9 Å². The molecule has 0 heterocycles. The lowest BCUT2D eigenvalue weighted by Gasteiger charge is -2.19. The molecule has 92 valence electrons. The van der Waals surface area contributed by atoms with Gasteiger partial charge in [-0.05, 0) is 37.5 Å². The number of aryl methyl sites for hydroxylation is 3. The molecule has 0 spiro atoms. The van der Waals surface area contributed by atoms with Crippen molar-refractivity contribution in [3.05, 3.63) is 34.4 Å². The molecular weight excluding hydrogens is 218 g/mol. The van der Waals surface area contributed by atoms with Gasteiger partial charge in [0.15, 0.2) is 6.04 Å². The Hall–Kier alpha value is -1.84. The van der Waals surface area contributed by atoms with Crippen LogP contribution in [0.25, 0.3) is 0 Å². The first-order valence-electron chi connectivity index (χ1n) is 5.40. The van der Waals surface area contributed by atoms with Crippen molar-refractivity contribution in [1.29, 1.82) is 0 Å². The van der Waals surface area contributed by atoms with Crippen molar-refractivity contribution in [2.24, 2.45) is 0 Å². The molecule has 2 N–H and O–H groups in total. The Labute approximate surface area is 101 Å². The molecule has 1 amide bonds. The minimum Gasteiger partial charge on any atom is -0.479 e. The van der Waals surface area contributed by atoms with Crippen molar-refractivity contribution < 1.29 is 14.7 Å². The van der Waals surface area contributed by atoms with Crippen LogP contribution in [0.5, 0.6) is 0 Å². The molecule has 1 atom stereocenters. The van der Waals surface area contributed by atoms with Gasteiger partial charge in [-0.15, -0.1) is 0 Å². The molecule has 0 fully saturated rings. The summed E-state index contributed by atoms with van der Waals surface area (Å²) in [7, 11) is 0. The summed E-state index contributed by atoms with van der Waals surface area (Å²) in [6.45, 7) is 6.98. The zero-order chi connectivity index (χ0) is 13.2. The summed E-state index contributed by atoms with van der Waals surface area (Å²) < 4.78 is 0. The maximum Gasteiger partial charge on any atom is 0.330 e. The van der Waals surface area contributed by atoms with Crippen LogP contribution in [0.1, 0.15) is 35.2 Å². The minimum atomic E-state index is -1.05. The number of aliphatic carboxylic acids is 1. The summed E-state index contributed by atoms with van der Waals surface area (Å²) >= 11 is 0. The maximum absolute atomic E-state index is 11.2. The number of carboxylic acid groups (broad SMARTS) is 1. The van der Waals surface area contributed by atoms with Crippen LogP contribution in [0.3, 0.4) is 0 Å². The van der Waals surface area contributed by atoms with E-state index in [0.29, 0.717) is 5.56 Å². The van der Waals surface area contributed by atoms with Gasteiger partial charge in [0.1, 0.15) is 0 Å². The smallest absolute Gasteiger partial charge is 0.330 e. The van der Waals surface area contributed by atoms with Gasteiger partial charge in [-0.3, -0.25) is 4.79 Å². The van der Waals surface area contributed by atoms with Gasteiger partial charge in [0, 0.05) is 6.92 Å². The fourth-order valence-electron chi connectivity index (χ4n) is 2.11. The third-order valence-corrected chi connectivity index (χ3v) is 2.62. The van der Waals surface area contributed by atoms with Gasteiger partial charge in [0.25, 0.3) is 0 Å². The number of rotatable bonds is 3. The zero-order valence-electron chi connectivity index (χ0n) is 10.5. The number of benzene rings is 1. The average molecular weight is 235 g/mol. The van der Waals surface area contributed by atoms with Crippen molar-refractivity contribution in [2.75, 3.05) is 0 Å². The molecule has 0 aliphatic heterocycles. The number of hydrogen-bond acceptors (Lipinski definition) is 2. The first-order valence-corrected chi connectivity index (χ1v) is 5.40. The van der Waals surface area contributed by atoms with Crippen molar-refractivity contribution in [1.82, 2.24) is 5.32 Å². The molecule has 0 aliphatic carbocycles. The lowest BCUT2D eigenvalue weighted by molar-refractivity contribution is -0.141. The fraction of sp³-hybridized carbons (Fsp3) is 0.385. The van der Waals surface area contributed by atoms with Gasteiger partial charge in [-0.25, -0.2) is 4.79 Å². The van der Waals surface area contributed by atoms with E-state index >= 15 is 0 Å². The van der Waals surface area contributed by atoms with Crippen molar-refractivity contribution in [3.63, 3.8) is 0 Å². The second kappa shape index (κ2) is 4.99. The van der Waals surface area contributed by atoms with Crippen molar-refractivity contribution in [3.8, 4) is 0 Å². The van der Waals surface area contributed by atoms with Gasteiger partial charge >= 0.3 is 5.97 Å². The van der Waals surface area contributed by atoms with Gasteiger partial charge in [-0.1, -0.05) is 17.7 Å². The number of nitrogens with one attached hydrogen (secondary N) is 1. The Morgan fingerprint density at radius 3 is 2.00 bits per heavy atom. The highest BCUT2D eigenvalue weighted by atomic mass is 16.4. The van der Waals surface area contributed by atoms with E-state index in [1.807, 2.05) is 32.9 Å². The molecule has 4 heteroatoms. The summed E-state index contributed by atoms with van der Waals surface area (Å²) in [5.41, 5.74) is 3.50. The minimum absolute atomic E-state index is 0.350. The topological polar surface area (TPSA) is 66.4 Å². The van der Waals surface area contributed by atoms with E-state index in [4.69, 9.17) is 0 Å². The highest BCUT2D eigenvalue weighted by Gasteiger charge is 2.24. The largest absolute Gasteiger partial charge is 0.479 e. The van der Waals surface area contributed by atoms with E-state index in [-0.39, 0.29) is 5.91 Å². The quantitative estimate of drug-likeness (QED) is 0.840. The molecule has 1 unspecified atom stereocenters. The molecule has 1 aromatic carbocycles. The van der Waals surface area contributed by atoms with Crippen LogP contribution in [0.4, 0.5) is 0 Å². The average Bonchev–Trinajstić information content (AvgIpc) is 2.13. The van der Waals surface area contributed by atoms with Gasteiger partial charge in [0.2, 0.25) is 5.91 Å². The molecule has 0 saturated heterocycles. The van der Waals surface area contributed by atoms with Crippen LogP contribution >= 0.6 is 0 Å². The summed E-state index contributed by atoms with van der Waals surface area (Å²) in [5, 5.41) is 11.6. The standard InChI is InChI=1S/C13H17NO3/c1-7-5-8(2)11(9(3)6-7)12(13(16)17)14-10(4)15/h5-6,12H,1-4H3,(H,14,15)(H,16,17). The Bertz CT molecular complexity index is 443. The zero-order valence-corrected chi connectivity index (χ0v) is 10.5. The Morgan fingerprint density at radius 1 is 1.18 bits per heavy atom. The number of hydrogen-bond donors (Lipinski definition) is 2. The molecule has 0 aliphatic rings. The monoisotopic (exact) mass is 235 g/mol. The Balaban J connectivity index is 3.28. The van der Waals surface area contributed by atoms with E-state index < -0.39 is 12.0 Å². The SMILES string of the molecule is CC(=O)NC(C(=O)O)c1c(C)cc(C)cc1C. The van der Waals surface area contributed by atoms with E-state index in [9.17, 15) is 14.7 Å². The summed E-state index contributed by atoms with van der Waals surface area (Å²) in [6.07, 6.45) is 0. The molecule has 1 aromatic rings. The lowest BCUT2D eigenvalue weighted by atomic mass is 9.94. The third kappa shape index (κ3) is 3.06. The molecule has 1 rings (SSSR count). The van der Waals surface area contributed by atoms with E-state index in [2.05, 4.69) is 5.32 Å². The fourth-order valence-corrected chi connectivity index (χ4v) is 2.11. The van der Waals surface area contributed by atoms with Gasteiger partial charge in [-0.2, -0.15) is 0 Å². The highest BCUT2D eigenvalue weighted by molar-refractivity contribution is 5.84. The van der Waals surface area contributed by atoms with Crippen LogP contribution in [0.2, 0.25) is 0 Å². The van der Waals surface area contributed by atoms with Crippen LogP contribution < -0.4 is 5.32 Å². The first kappa shape index (κ1) is 13.2. The molecule has 0 radical (unpaired) electrons. The summed E-state index contributed by atoms with van der Waals surface area (Å²) in [5.74, 6) is -1.40. The molecule has 0 bridgehead atoms. The van der Waals surface area contributed by atoms with Crippen LogP contribution in [-0.2, 0) is 9.59 Å². The summed E-state index contributed by atoms with van der Waals surface area (Å²) in [6, 6.07) is 2.85.